The molecule has 1 aromatic rings. The monoisotopic (exact) mass is 227 g/mol. The van der Waals surface area contributed by atoms with E-state index in [1.807, 2.05) is 0 Å². The quantitative estimate of drug-likeness (QED) is 0.767. The van der Waals surface area contributed by atoms with Gasteiger partial charge in [-0.05, 0) is 7.05 Å². The van der Waals surface area contributed by atoms with Crippen molar-refractivity contribution in [2.75, 3.05) is 13.6 Å². The van der Waals surface area contributed by atoms with E-state index in [1.165, 1.54) is 0 Å². The molecule has 0 spiro atoms. The molecule has 0 atom stereocenters. The molecule has 0 amide bonds. The third-order valence-electron chi connectivity index (χ3n) is 1.63. The van der Waals surface area contributed by atoms with E-state index in [0.29, 0.717) is 6.54 Å². The van der Waals surface area contributed by atoms with Crippen LogP contribution >= 0.6 is 0 Å². The molecule has 1 aromatic heterocycles. The minimum absolute atomic E-state index is 0.0281. The molecule has 0 bridgehead atoms. The van der Waals surface area contributed by atoms with E-state index in [9.17, 15) is 17.6 Å². The molecular weight excluding hydrogens is 218 g/mol. The fourth-order valence-electron chi connectivity index (χ4n) is 0.821. The number of nitrogens with zero attached hydrogens (tertiary/aromatic N) is 2. The number of hydrogen-bond acceptors (Lipinski definition) is 4. The van der Waals surface area contributed by atoms with E-state index in [4.69, 9.17) is 0 Å². The van der Waals surface area contributed by atoms with Gasteiger partial charge >= 0.3 is 18.2 Å². The van der Waals surface area contributed by atoms with Crippen molar-refractivity contribution in [3.8, 4) is 0 Å². The van der Waals surface area contributed by atoms with Crippen LogP contribution in [-0.4, -0.2) is 30.2 Å². The smallest absolute Gasteiger partial charge is 0.332 e. The van der Waals surface area contributed by atoms with Gasteiger partial charge in [0.1, 0.15) is 0 Å². The highest BCUT2D eigenvalue weighted by Crippen LogP contribution is 2.32. The van der Waals surface area contributed by atoms with Gasteiger partial charge in [0.15, 0.2) is 5.82 Å². The molecule has 0 saturated heterocycles. The average molecular weight is 227 g/mol. The van der Waals surface area contributed by atoms with Crippen LogP contribution in [0.1, 0.15) is 11.7 Å². The second-order valence-corrected chi connectivity index (χ2v) is 2.79. The molecule has 0 radical (unpaired) electrons. The Bertz CT molecular complexity index is 315. The molecule has 0 fully saturated rings. The molecule has 15 heavy (non-hydrogen) atoms. The Morgan fingerprint density at radius 1 is 1.47 bits per heavy atom. The van der Waals surface area contributed by atoms with Gasteiger partial charge in [0.2, 0.25) is 0 Å². The number of halogens is 4. The van der Waals surface area contributed by atoms with Crippen LogP contribution in [0.25, 0.3) is 0 Å². The van der Waals surface area contributed by atoms with Crippen molar-refractivity contribution in [1.82, 2.24) is 15.5 Å². The number of alkyl halides is 4. The highest BCUT2D eigenvalue weighted by molar-refractivity contribution is 4.95. The van der Waals surface area contributed by atoms with Gasteiger partial charge < -0.3 is 9.84 Å². The van der Waals surface area contributed by atoms with Gasteiger partial charge in [0.05, 0.1) is 0 Å². The first-order chi connectivity index (χ1) is 6.98. The highest BCUT2D eigenvalue weighted by atomic mass is 19.3. The number of hydrogen-bond donors (Lipinski definition) is 1. The van der Waals surface area contributed by atoms with E-state index in [2.05, 4.69) is 20.0 Å². The summed E-state index contributed by atoms with van der Waals surface area (Å²) >= 11 is 0. The Balaban J connectivity index is 2.75. The molecule has 0 aliphatic heterocycles. The van der Waals surface area contributed by atoms with Crippen LogP contribution in [0, 0.1) is 0 Å². The molecule has 1 N–H and O–H groups in total. The fraction of sp³-hybridized carbons (Fsp3) is 0.714. The first kappa shape index (κ1) is 11.9. The average Bonchev–Trinajstić information content (AvgIpc) is 2.63. The van der Waals surface area contributed by atoms with Crippen molar-refractivity contribution < 1.29 is 22.1 Å². The van der Waals surface area contributed by atoms with Crippen LogP contribution < -0.4 is 5.32 Å². The van der Waals surface area contributed by atoms with Crippen molar-refractivity contribution >= 4 is 0 Å². The van der Waals surface area contributed by atoms with Crippen LogP contribution in [0.2, 0.25) is 0 Å². The van der Waals surface area contributed by atoms with Gasteiger partial charge in [-0.1, -0.05) is 5.16 Å². The Hall–Kier alpha value is -1.18. The zero-order valence-corrected chi connectivity index (χ0v) is 7.81. The lowest BCUT2D eigenvalue weighted by Gasteiger charge is -2.08. The van der Waals surface area contributed by atoms with E-state index < -0.39 is 18.2 Å². The normalized spacial score (nSPS) is 12.4. The molecule has 8 heteroatoms. The molecule has 0 aliphatic rings. The number of rotatable bonds is 5. The second kappa shape index (κ2) is 4.56. The van der Waals surface area contributed by atoms with Crippen LogP contribution in [0.15, 0.2) is 4.52 Å². The van der Waals surface area contributed by atoms with Gasteiger partial charge in [-0.2, -0.15) is 13.8 Å². The van der Waals surface area contributed by atoms with Crippen molar-refractivity contribution in [2.45, 2.75) is 18.8 Å². The fourth-order valence-corrected chi connectivity index (χ4v) is 0.821. The van der Waals surface area contributed by atoms with Gasteiger partial charge in [0.25, 0.3) is 0 Å². The van der Waals surface area contributed by atoms with Crippen LogP contribution in [0.3, 0.4) is 0 Å². The van der Waals surface area contributed by atoms with Gasteiger partial charge in [-0.15, -0.1) is 0 Å². The molecule has 0 saturated carbocycles. The van der Waals surface area contributed by atoms with Crippen molar-refractivity contribution in [3.63, 3.8) is 0 Å². The highest BCUT2D eigenvalue weighted by Gasteiger charge is 2.48. The summed E-state index contributed by atoms with van der Waals surface area (Å²) in [6.07, 6.45) is -3.62. The summed E-state index contributed by atoms with van der Waals surface area (Å²) in [5.74, 6) is -5.76. The van der Waals surface area contributed by atoms with Crippen molar-refractivity contribution in [2.24, 2.45) is 0 Å². The van der Waals surface area contributed by atoms with Gasteiger partial charge in [-0.25, -0.2) is 8.78 Å². The zero-order valence-electron chi connectivity index (χ0n) is 7.81. The molecule has 1 rings (SSSR count). The standard InChI is InChI=1S/C7H9F4N3O/c1-12-3-2-4-13-6(15-14-4)7(10,11)5(8)9/h5,12H,2-3H2,1H3. The molecule has 86 valence electrons. The Labute approximate surface area is 82.7 Å². The van der Waals surface area contributed by atoms with Gasteiger partial charge in [-0.3, -0.25) is 0 Å². The number of likely N-dealkylation sites (N-methyl/N-ethyl adjacent to an activating group) is 1. The maximum Gasteiger partial charge on any atom is 0.383 e. The Kier molecular flexibility index (Phi) is 3.61. The molecule has 1 heterocycles. The maximum absolute atomic E-state index is 12.7. The lowest BCUT2D eigenvalue weighted by molar-refractivity contribution is -0.152. The number of nitrogens with one attached hydrogen (secondary N) is 1. The van der Waals surface area contributed by atoms with Crippen LogP contribution in [-0.2, 0) is 12.3 Å². The lowest BCUT2D eigenvalue weighted by Crippen LogP contribution is -2.24. The van der Waals surface area contributed by atoms with E-state index in [1.54, 1.807) is 7.05 Å². The summed E-state index contributed by atoms with van der Waals surface area (Å²) in [5.41, 5.74) is 0. The summed E-state index contributed by atoms with van der Waals surface area (Å²) in [4.78, 5) is 3.19. The molecule has 0 unspecified atom stereocenters. The predicted molar refractivity (Wildman–Crippen MR) is 41.8 cm³/mol. The third-order valence-corrected chi connectivity index (χ3v) is 1.63. The summed E-state index contributed by atoms with van der Waals surface area (Å²) in [6, 6.07) is 0. The Morgan fingerprint density at radius 3 is 2.67 bits per heavy atom. The summed E-state index contributed by atoms with van der Waals surface area (Å²) in [7, 11) is 1.65. The van der Waals surface area contributed by atoms with Crippen LogP contribution in [0.4, 0.5) is 17.6 Å². The SMILES string of the molecule is CNCCc1noc(C(F)(F)C(F)F)n1. The minimum Gasteiger partial charge on any atom is -0.332 e. The first-order valence-electron chi connectivity index (χ1n) is 4.12. The number of aromatic nitrogens is 2. The Morgan fingerprint density at radius 2 is 2.13 bits per heavy atom. The van der Waals surface area contributed by atoms with Crippen LogP contribution in [0.5, 0.6) is 0 Å². The second-order valence-electron chi connectivity index (χ2n) is 2.79. The van der Waals surface area contributed by atoms with Crippen molar-refractivity contribution in [1.29, 1.82) is 0 Å². The molecule has 0 aromatic carbocycles. The van der Waals surface area contributed by atoms with E-state index in [-0.39, 0.29) is 12.2 Å². The van der Waals surface area contributed by atoms with E-state index in [0.717, 1.165) is 0 Å². The lowest BCUT2D eigenvalue weighted by atomic mass is 10.3. The van der Waals surface area contributed by atoms with Crippen molar-refractivity contribution in [3.05, 3.63) is 11.7 Å². The summed E-state index contributed by atoms with van der Waals surface area (Å²) in [6.45, 7) is 0.444. The maximum atomic E-state index is 12.7. The summed E-state index contributed by atoms with van der Waals surface area (Å²) < 4.78 is 53.1. The topological polar surface area (TPSA) is 51.0 Å². The van der Waals surface area contributed by atoms with E-state index >= 15 is 0 Å². The molecular formula is C7H9F4N3O. The predicted octanol–water partition coefficient (Wildman–Crippen LogP) is 1.19. The largest absolute Gasteiger partial charge is 0.383 e. The van der Waals surface area contributed by atoms with Gasteiger partial charge in [0, 0.05) is 13.0 Å². The third kappa shape index (κ3) is 2.65. The zero-order chi connectivity index (χ0) is 11.5. The minimum atomic E-state index is -4.38. The molecule has 0 aliphatic carbocycles. The molecule has 4 nitrogen and oxygen atoms in total. The summed E-state index contributed by atoms with van der Waals surface area (Å²) in [5, 5.41) is 5.89. The first-order valence-corrected chi connectivity index (χ1v) is 4.12.